The number of carbonyl (C=O) groups excluding carboxylic acids is 2. The Bertz CT molecular complexity index is 1480. The summed E-state index contributed by atoms with van der Waals surface area (Å²) in [7, 11) is 0. The van der Waals surface area contributed by atoms with E-state index in [4.69, 9.17) is 9.25 Å². The van der Waals surface area contributed by atoms with Crippen LogP contribution in [0.4, 0.5) is 5.69 Å². The third-order valence-corrected chi connectivity index (χ3v) is 9.10. The number of nitrogens with one attached hydrogen (secondary N) is 1. The van der Waals surface area contributed by atoms with Crippen LogP contribution in [0.3, 0.4) is 0 Å². The fourth-order valence-electron chi connectivity index (χ4n) is 6.07. The fraction of sp³-hybridized carbons (Fsp3) is 0.400. The van der Waals surface area contributed by atoms with Gasteiger partial charge in [0.25, 0.3) is 0 Å². The molecule has 2 bridgehead atoms. The number of hydrogen-bond donors (Lipinski definition) is 1. The van der Waals surface area contributed by atoms with E-state index in [2.05, 4.69) is 45.1 Å². The maximum absolute atomic E-state index is 13.7. The van der Waals surface area contributed by atoms with Crippen LogP contribution in [0, 0.1) is 16.2 Å². The molecule has 1 amide bonds. The number of oxime groups is 1. The Balaban J connectivity index is 1.39. The summed E-state index contributed by atoms with van der Waals surface area (Å²) in [6.07, 6.45) is 1.84. The molecular formula is C30H32N2O5. The average molecular weight is 501 g/mol. The molecule has 7 nitrogen and oxygen atoms in total. The minimum absolute atomic E-state index is 0.0507. The molecule has 3 aromatic rings. The topological polar surface area (TPSA) is 98.0 Å². The molecule has 2 unspecified atom stereocenters. The van der Waals surface area contributed by atoms with Crippen molar-refractivity contribution in [1.29, 1.82) is 0 Å². The van der Waals surface area contributed by atoms with Gasteiger partial charge in [-0.2, -0.15) is 0 Å². The first-order chi connectivity index (χ1) is 17.5. The lowest BCUT2D eigenvalue weighted by molar-refractivity contribution is -0.130. The molecule has 0 spiro atoms. The van der Waals surface area contributed by atoms with Crippen molar-refractivity contribution < 1.29 is 18.8 Å². The molecule has 1 N–H and O–H groups in total. The lowest BCUT2D eigenvalue weighted by Gasteiger charge is -2.39. The molecule has 2 atom stereocenters. The predicted octanol–water partition coefficient (Wildman–Crippen LogP) is 6.28. The summed E-state index contributed by atoms with van der Waals surface area (Å²) in [5.74, 6) is -0.514. The molecule has 37 heavy (non-hydrogen) atoms. The van der Waals surface area contributed by atoms with Crippen LogP contribution in [-0.4, -0.2) is 17.6 Å². The maximum Gasteiger partial charge on any atom is 0.373 e. The minimum atomic E-state index is -0.875. The largest absolute Gasteiger partial charge is 0.422 e. The van der Waals surface area contributed by atoms with Gasteiger partial charge >= 0.3 is 11.6 Å². The van der Waals surface area contributed by atoms with Crippen LogP contribution in [0.2, 0.25) is 0 Å². The molecular weight excluding hydrogens is 468 g/mol. The number of hydrogen-bond acceptors (Lipinski definition) is 6. The molecule has 0 radical (unpaired) electrons. The molecule has 2 saturated carbocycles. The second kappa shape index (κ2) is 8.68. The van der Waals surface area contributed by atoms with Gasteiger partial charge in [0.05, 0.1) is 11.1 Å². The van der Waals surface area contributed by atoms with Gasteiger partial charge in [0.2, 0.25) is 5.91 Å². The molecule has 2 aliphatic carbocycles. The van der Waals surface area contributed by atoms with Gasteiger partial charge in [-0.05, 0) is 54.0 Å². The van der Waals surface area contributed by atoms with Crippen molar-refractivity contribution in [2.45, 2.75) is 59.8 Å². The lowest BCUT2D eigenvalue weighted by Crippen LogP contribution is -2.43. The highest BCUT2D eigenvalue weighted by molar-refractivity contribution is 6.06. The standard InChI is InChI=1S/C30H32N2O5/c1-18(2)19-10-12-21(13-11-19)31-27(35)30-15-14-29(5,28(30,3)4)24(17-30)32-37-26(34)22-16-20-8-6-7-9-23(20)36-25(22)33/h6-13,16,18H,14-15,17H2,1-5H3,(H,31,35). The number of rotatable bonds is 5. The van der Waals surface area contributed by atoms with E-state index in [1.807, 2.05) is 24.3 Å². The second-order valence-electron chi connectivity index (χ2n) is 11.3. The maximum atomic E-state index is 13.7. The first-order valence-electron chi connectivity index (χ1n) is 12.7. The zero-order valence-corrected chi connectivity index (χ0v) is 21.9. The van der Waals surface area contributed by atoms with Gasteiger partial charge in [-0.3, -0.25) is 4.79 Å². The zero-order chi connectivity index (χ0) is 26.6. The van der Waals surface area contributed by atoms with Crippen molar-refractivity contribution in [2.24, 2.45) is 21.4 Å². The van der Waals surface area contributed by atoms with E-state index in [9.17, 15) is 14.4 Å². The number of fused-ring (bicyclic) bond motifs is 3. The van der Waals surface area contributed by atoms with Crippen LogP contribution in [-0.2, 0) is 9.63 Å². The summed E-state index contributed by atoms with van der Waals surface area (Å²) >= 11 is 0. The third-order valence-electron chi connectivity index (χ3n) is 9.10. The summed E-state index contributed by atoms with van der Waals surface area (Å²) in [5.41, 5.74) is 0.490. The van der Waals surface area contributed by atoms with Gasteiger partial charge in [-0.15, -0.1) is 0 Å². The number of amides is 1. The van der Waals surface area contributed by atoms with Crippen LogP contribution in [0.25, 0.3) is 11.0 Å². The van der Waals surface area contributed by atoms with E-state index in [0.717, 1.165) is 12.1 Å². The molecule has 5 rings (SSSR count). The van der Waals surface area contributed by atoms with Gasteiger partial charge in [0.1, 0.15) is 11.1 Å². The highest BCUT2D eigenvalue weighted by Crippen LogP contribution is 2.71. The van der Waals surface area contributed by atoms with E-state index in [-0.39, 0.29) is 11.5 Å². The first-order valence-corrected chi connectivity index (χ1v) is 12.7. The van der Waals surface area contributed by atoms with E-state index < -0.39 is 27.8 Å². The smallest absolute Gasteiger partial charge is 0.373 e. The van der Waals surface area contributed by atoms with Crippen LogP contribution in [0.5, 0.6) is 0 Å². The number of anilines is 1. The average Bonchev–Trinajstić information content (AvgIpc) is 3.18. The molecule has 2 aromatic carbocycles. The minimum Gasteiger partial charge on any atom is -0.422 e. The number of carbonyl (C=O) groups is 2. The normalized spacial score (nSPS) is 25.1. The number of para-hydroxylation sites is 1. The summed E-state index contributed by atoms with van der Waals surface area (Å²) in [6, 6.07) is 16.3. The number of nitrogens with zero attached hydrogens (tertiary/aromatic N) is 1. The van der Waals surface area contributed by atoms with Gasteiger partial charge < -0.3 is 14.6 Å². The lowest BCUT2D eigenvalue weighted by atomic mass is 9.64. The van der Waals surface area contributed by atoms with E-state index in [1.54, 1.807) is 24.3 Å². The van der Waals surface area contributed by atoms with Crippen LogP contribution >= 0.6 is 0 Å². The highest BCUT2D eigenvalue weighted by Gasteiger charge is 2.71. The first kappa shape index (κ1) is 24.9. The Labute approximate surface area is 215 Å². The Morgan fingerprint density at radius 3 is 2.43 bits per heavy atom. The van der Waals surface area contributed by atoms with Crippen LogP contribution in [0.1, 0.15) is 75.7 Å². The van der Waals surface area contributed by atoms with E-state index in [1.165, 1.54) is 11.6 Å². The Hall–Kier alpha value is -3.74. The Morgan fingerprint density at radius 1 is 1.03 bits per heavy atom. The summed E-state index contributed by atoms with van der Waals surface area (Å²) < 4.78 is 5.25. The van der Waals surface area contributed by atoms with Crippen molar-refractivity contribution in [2.75, 3.05) is 5.32 Å². The molecule has 7 heteroatoms. The highest BCUT2D eigenvalue weighted by atomic mass is 16.7. The molecule has 1 aromatic heterocycles. The van der Waals surface area contributed by atoms with Crippen molar-refractivity contribution in [3.63, 3.8) is 0 Å². The zero-order valence-electron chi connectivity index (χ0n) is 21.9. The number of benzene rings is 2. The molecule has 2 aliphatic rings. The molecule has 2 fully saturated rings. The Morgan fingerprint density at radius 2 is 1.73 bits per heavy atom. The molecule has 192 valence electrons. The van der Waals surface area contributed by atoms with Crippen LogP contribution in [0.15, 0.2) is 69.0 Å². The predicted molar refractivity (Wildman–Crippen MR) is 143 cm³/mol. The van der Waals surface area contributed by atoms with Gasteiger partial charge in [0.15, 0.2) is 0 Å². The molecule has 0 aliphatic heterocycles. The summed E-state index contributed by atoms with van der Waals surface area (Å²) in [6.45, 7) is 10.5. The Kier molecular flexibility index (Phi) is 5.85. The summed E-state index contributed by atoms with van der Waals surface area (Å²) in [5, 5.41) is 7.98. The van der Waals surface area contributed by atoms with Crippen LogP contribution < -0.4 is 10.9 Å². The fourth-order valence-corrected chi connectivity index (χ4v) is 6.07. The van der Waals surface area contributed by atoms with Gasteiger partial charge in [-0.25, -0.2) is 9.59 Å². The molecule has 0 saturated heterocycles. The quantitative estimate of drug-likeness (QED) is 0.252. The SMILES string of the molecule is CC(C)c1ccc(NC(=O)C23CCC(C)(C(=NOC(=O)c4cc5ccccc5oc4=O)C2)C3(C)C)cc1. The monoisotopic (exact) mass is 500 g/mol. The summed E-state index contributed by atoms with van der Waals surface area (Å²) in [4.78, 5) is 44.2. The van der Waals surface area contributed by atoms with Crippen molar-refractivity contribution >= 4 is 34.2 Å². The van der Waals surface area contributed by atoms with Crippen molar-refractivity contribution in [3.05, 3.63) is 76.1 Å². The second-order valence-corrected chi connectivity index (χ2v) is 11.3. The van der Waals surface area contributed by atoms with E-state index in [0.29, 0.717) is 35.4 Å². The molecule has 1 heterocycles. The van der Waals surface area contributed by atoms with Crippen molar-refractivity contribution in [1.82, 2.24) is 0 Å². The van der Waals surface area contributed by atoms with Gasteiger partial charge in [0, 0.05) is 22.9 Å². The van der Waals surface area contributed by atoms with Gasteiger partial charge in [-0.1, -0.05) is 70.1 Å². The third kappa shape index (κ3) is 3.79. The van der Waals surface area contributed by atoms with Crippen molar-refractivity contribution in [3.8, 4) is 0 Å². The van der Waals surface area contributed by atoms with E-state index >= 15 is 0 Å².